The molecule has 126 valence electrons. The molecule has 0 unspecified atom stereocenters. The van der Waals surface area contributed by atoms with Crippen molar-refractivity contribution < 1.29 is 19.4 Å². The maximum Gasteiger partial charge on any atom is 0.336 e. The van der Waals surface area contributed by atoms with Crippen molar-refractivity contribution in [2.75, 3.05) is 14.2 Å². The van der Waals surface area contributed by atoms with Crippen molar-refractivity contribution in [3.63, 3.8) is 0 Å². The molecule has 0 saturated heterocycles. The molecule has 0 aliphatic rings. The molecular formula is C20H17NO4. The molecular weight excluding hydrogens is 318 g/mol. The van der Waals surface area contributed by atoms with Gasteiger partial charge >= 0.3 is 5.97 Å². The second-order valence-corrected chi connectivity index (χ2v) is 5.40. The van der Waals surface area contributed by atoms with E-state index in [1.807, 2.05) is 24.3 Å². The number of pyridine rings is 1. The fourth-order valence-corrected chi connectivity index (χ4v) is 2.57. The quantitative estimate of drug-likeness (QED) is 0.759. The number of hydrogen-bond acceptors (Lipinski definition) is 4. The van der Waals surface area contributed by atoms with E-state index >= 15 is 0 Å². The minimum Gasteiger partial charge on any atom is -0.497 e. The largest absolute Gasteiger partial charge is 0.497 e. The molecule has 3 rings (SSSR count). The van der Waals surface area contributed by atoms with Gasteiger partial charge in [-0.1, -0.05) is 24.3 Å². The number of aromatic nitrogens is 1. The number of carboxylic acid groups (broad SMARTS) is 1. The molecule has 0 spiro atoms. The fourth-order valence-electron chi connectivity index (χ4n) is 2.57. The van der Waals surface area contributed by atoms with Crippen LogP contribution in [0.1, 0.15) is 21.6 Å². The summed E-state index contributed by atoms with van der Waals surface area (Å²) in [5.74, 6) is 0.379. The number of aromatic carboxylic acids is 1. The molecule has 0 amide bonds. The van der Waals surface area contributed by atoms with E-state index in [1.54, 1.807) is 50.6 Å². The van der Waals surface area contributed by atoms with Crippen LogP contribution in [0.5, 0.6) is 11.5 Å². The Bertz CT molecular complexity index is 941. The number of fused-ring (bicyclic) bond motifs is 1. The van der Waals surface area contributed by atoms with Crippen molar-refractivity contribution in [1.82, 2.24) is 4.98 Å². The lowest BCUT2D eigenvalue weighted by molar-refractivity contribution is 0.0699. The highest BCUT2D eigenvalue weighted by molar-refractivity contribution is 6.03. The molecule has 2 aromatic carbocycles. The smallest absolute Gasteiger partial charge is 0.336 e. The van der Waals surface area contributed by atoms with Crippen molar-refractivity contribution >= 4 is 29.0 Å². The number of ether oxygens (including phenoxy) is 2. The van der Waals surface area contributed by atoms with Gasteiger partial charge in [-0.25, -0.2) is 9.78 Å². The summed E-state index contributed by atoms with van der Waals surface area (Å²) in [6.45, 7) is 0. The normalized spacial score (nSPS) is 11.0. The first-order valence-corrected chi connectivity index (χ1v) is 7.65. The minimum atomic E-state index is -0.976. The van der Waals surface area contributed by atoms with Gasteiger partial charge in [-0.2, -0.15) is 0 Å². The molecule has 0 bridgehead atoms. The van der Waals surface area contributed by atoms with Crippen molar-refractivity contribution in [3.8, 4) is 11.5 Å². The van der Waals surface area contributed by atoms with Gasteiger partial charge in [-0.05, 0) is 35.9 Å². The van der Waals surface area contributed by atoms with E-state index < -0.39 is 5.97 Å². The van der Waals surface area contributed by atoms with Crippen molar-refractivity contribution in [2.24, 2.45) is 0 Å². The highest BCUT2D eigenvalue weighted by atomic mass is 16.5. The number of carbonyl (C=O) groups is 1. The van der Waals surface area contributed by atoms with Crippen LogP contribution in [0, 0.1) is 0 Å². The number of hydrogen-bond donors (Lipinski definition) is 1. The molecule has 0 aliphatic carbocycles. The van der Waals surface area contributed by atoms with E-state index in [-0.39, 0.29) is 5.56 Å². The molecule has 1 aromatic heterocycles. The van der Waals surface area contributed by atoms with Gasteiger partial charge in [-0.3, -0.25) is 0 Å². The maximum atomic E-state index is 11.5. The maximum absolute atomic E-state index is 11.5. The Morgan fingerprint density at radius 1 is 1.00 bits per heavy atom. The zero-order valence-electron chi connectivity index (χ0n) is 13.9. The number of para-hydroxylation sites is 1. The van der Waals surface area contributed by atoms with E-state index in [2.05, 4.69) is 4.98 Å². The Labute approximate surface area is 145 Å². The summed E-state index contributed by atoms with van der Waals surface area (Å²) in [7, 11) is 3.18. The first-order chi connectivity index (χ1) is 12.1. The number of carboxylic acids is 1. The second kappa shape index (κ2) is 7.05. The predicted molar refractivity (Wildman–Crippen MR) is 97.2 cm³/mol. The summed E-state index contributed by atoms with van der Waals surface area (Å²) >= 11 is 0. The van der Waals surface area contributed by atoms with E-state index in [9.17, 15) is 9.90 Å². The molecule has 1 N–H and O–H groups in total. The van der Waals surface area contributed by atoms with Crippen LogP contribution in [-0.2, 0) is 0 Å². The molecule has 0 fully saturated rings. The molecule has 0 saturated carbocycles. The first kappa shape index (κ1) is 16.5. The lowest BCUT2D eigenvalue weighted by atomic mass is 10.1. The first-order valence-electron chi connectivity index (χ1n) is 7.65. The molecule has 5 nitrogen and oxygen atoms in total. The van der Waals surface area contributed by atoms with E-state index in [4.69, 9.17) is 9.47 Å². The number of rotatable bonds is 5. The minimum absolute atomic E-state index is 0.230. The number of benzene rings is 2. The van der Waals surface area contributed by atoms with Crippen LogP contribution >= 0.6 is 0 Å². The molecule has 0 atom stereocenters. The van der Waals surface area contributed by atoms with Gasteiger partial charge in [0, 0.05) is 11.5 Å². The highest BCUT2D eigenvalue weighted by Gasteiger charge is 2.10. The summed E-state index contributed by atoms with van der Waals surface area (Å²) in [5.41, 5.74) is 2.31. The van der Waals surface area contributed by atoms with Gasteiger partial charge < -0.3 is 14.6 Å². The highest BCUT2D eigenvalue weighted by Crippen LogP contribution is 2.24. The zero-order valence-corrected chi connectivity index (χ0v) is 13.9. The summed E-state index contributed by atoms with van der Waals surface area (Å²) in [5, 5.41) is 10.1. The third-order valence-electron chi connectivity index (χ3n) is 3.79. The number of nitrogens with zero attached hydrogens (tertiary/aromatic N) is 1. The van der Waals surface area contributed by atoms with Gasteiger partial charge in [0.15, 0.2) is 0 Å². The van der Waals surface area contributed by atoms with E-state index in [0.29, 0.717) is 28.1 Å². The van der Waals surface area contributed by atoms with Gasteiger partial charge in [0.2, 0.25) is 0 Å². The van der Waals surface area contributed by atoms with Crippen LogP contribution in [0.4, 0.5) is 0 Å². The summed E-state index contributed by atoms with van der Waals surface area (Å²) in [6.07, 6.45) is 3.61. The average molecular weight is 335 g/mol. The molecule has 1 heterocycles. The standard InChI is InChI=1S/C20H17NO4/c1-24-15-9-13(10-16(12-15)25-2)7-8-14-11-18(20(22)23)17-5-3-4-6-19(17)21-14/h3-12H,1-2H3,(H,22,23)/b8-7+. The van der Waals surface area contributed by atoms with Crippen LogP contribution in [0.2, 0.25) is 0 Å². The van der Waals surface area contributed by atoms with Gasteiger partial charge in [0.1, 0.15) is 11.5 Å². The summed E-state index contributed by atoms with van der Waals surface area (Å²) < 4.78 is 10.5. The Morgan fingerprint density at radius 2 is 1.68 bits per heavy atom. The summed E-state index contributed by atoms with van der Waals surface area (Å²) in [4.78, 5) is 16.0. The van der Waals surface area contributed by atoms with Crippen LogP contribution < -0.4 is 9.47 Å². The Kier molecular flexibility index (Phi) is 4.66. The van der Waals surface area contributed by atoms with Crippen LogP contribution in [-0.4, -0.2) is 30.3 Å². The van der Waals surface area contributed by atoms with Crippen LogP contribution in [0.3, 0.4) is 0 Å². The van der Waals surface area contributed by atoms with Gasteiger partial charge in [0.25, 0.3) is 0 Å². The van der Waals surface area contributed by atoms with Crippen LogP contribution in [0.15, 0.2) is 48.5 Å². The fraction of sp³-hybridized carbons (Fsp3) is 0.100. The molecule has 0 radical (unpaired) electrons. The monoisotopic (exact) mass is 335 g/mol. The van der Waals surface area contributed by atoms with Gasteiger partial charge in [0.05, 0.1) is 31.0 Å². The van der Waals surface area contributed by atoms with Crippen molar-refractivity contribution in [1.29, 1.82) is 0 Å². The zero-order chi connectivity index (χ0) is 17.8. The Balaban J connectivity index is 2.03. The summed E-state index contributed by atoms with van der Waals surface area (Å²) in [6, 6.07) is 14.3. The second-order valence-electron chi connectivity index (χ2n) is 5.40. The van der Waals surface area contributed by atoms with E-state index in [0.717, 1.165) is 5.56 Å². The molecule has 25 heavy (non-hydrogen) atoms. The molecule has 0 aliphatic heterocycles. The van der Waals surface area contributed by atoms with Crippen molar-refractivity contribution in [2.45, 2.75) is 0 Å². The average Bonchev–Trinajstić information content (AvgIpc) is 2.65. The van der Waals surface area contributed by atoms with E-state index in [1.165, 1.54) is 0 Å². The third-order valence-corrected chi connectivity index (χ3v) is 3.79. The lowest BCUT2D eigenvalue weighted by Gasteiger charge is -2.06. The number of methoxy groups -OCH3 is 2. The SMILES string of the molecule is COc1cc(/C=C/c2cc(C(=O)O)c3ccccc3n2)cc(OC)c1. The topological polar surface area (TPSA) is 68.7 Å². The predicted octanol–water partition coefficient (Wildman–Crippen LogP) is 4.12. The van der Waals surface area contributed by atoms with Gasteiger partial charge in [-0.15, -0.1) is 0 Å². The molecule has 5 heteroatoms. The van der Waals surface area contributed by atoms with Crippen LogP contribution in [0.25, 0.3) is 23.1 Å². The lowest BCUT2D eigenvalue weighted by Crippen LogP contribution is -2.00. The Hall–Kier alpha value is -3.34. The Morgan fingerprint density at radius 3 is 2.32 bits per heavy atom. The third kappa shape index (κ3) is 3.61. The molecule has 3 aromatic rings. The van der Waals surface area contributed by atoms with Crippen molar-refractivity contribution in [3.05, 3.63) is 65.4 Å².